The molecule has 1 atom stereocenters. The normalized spacial score (nSPS) is 17.7. The fraction of sp³-hybridized carbons (Fsp3) is 0.579. The van der Waals surface area contributed by atoms with Crippen molar-refractivity contribution in [3.63, 3.8) is 0 Å². The quantitative estimate of drug-likeness (QED) is 0.838. The van der Waals surface area contributed by atoms with Crippen molar-refractivity contribution in [1.29, 1.82) is 0 Å². The van der Waals surface area contributed by atoms with Crippen LogP contribution in [0.1, 0.15) is 66.4 Å². The van der Waals surface area contributed by atoms with Gasteiger partial charge in [-0.25, -0.2) is 15.0 Å². The summed E-state index contributed by atoms with van der Waals surface area (Å²) in [6.45, 7) is 8.42. The lowest BCUT2D eigenvalue weighted by atomic mass is 9.96. The highest BCUT2D eigenvalue weighted by atomic mass is 16.2. The molecule has 0 unspecified atom stereocenters. The first-order valence-corrected chi connectivity index (χ1v) is 9.21. The number of imidazole rings is 1. The van der Waals surface area contributed by atoms with Crippen molar-refractivity contribution in [2.24, 2.45) is 0 Å². The summed E-state index contributed by atoms with van der Waals surface area (Å²) in [6.07, 6.45) is 8.33. The van der Waals surface area contributed by atoms with E-state index in [1.165, 1.54) is 6.42 Å². The molecule has 6 heteroatoms. The zero-order chi connectivity index (χ0) is 17.8. The van der Waals surface area contributed by atoms with Crippen LogP contribution in [0.25, 0.3) is 0 Å². The highest BCUT2D eigenvalue weighted by Gasteiger charge is 2.28. The highest BCUT2D eigenvalue weighted by molar-refractivity contribution is 5.92. The lowest BCUT2D eigenvalue weighted by Gasteiger charge is -2.32. The number of rotatable bonds is 5. The second-order valence-electron chi connectivity index (χ2n) is 6.86. The number of likely N-dealkylation sites (tertiary alicyclic amines) is 1. The molecule has 2 aromatic heterocycles. The van der Waals surface area contributed by atoms with Gasteiger partial charge in [0.15, 0.2) is 0 Å². The standard InChI is InChI=1S/C19H27N5O/c1-4-5-9-23-11-8-20-18(23)16-7-6-10-24(13-16)19(25)17-12-14(2)21-15(3)22-17/h8,11-12,16H,4-7,9-10,13H2,1-3H3/t16-/m1/s1. The third-order valence-corrected chi connectivity index (χ3v) is 4.76. The molecule has 3 rings (SSSR count). The predicted octanol–water partition coefficient (Wildman–Crippen LogP) is 3.11. The summed E-state index contributed by atoms with van der Waals surface area (Å²) < 4.78 is 2.25. The van der Waals surface area contributed by atoms with E-state index in [2.05, 4.69) is 32.6 Å². The van der Waals surface area contributed by atoms with E-state index in [1.807, 2.05) is 24.9 Å². The Bertz CT molecular complexity index is 719. The fourth-order valence-corrected chi connectivity index (χ4v) is 3.56. The predicted molar refractivity (Wildman–Crippen MR) is 96.5 cm³/mol. The minimum absolute atomic E-state index is 0.00460. The van der Waals surface area contributed by atoms with Crippen molar-refractivity contribution in [3.8, 4) is 0 Å². The number of hydrogen-bond donors (Lipinski definition) is 0. The van der Waals surface area contributed by atoms with Crippen LogP contribution < -0.4 is 0 Å². The molecule has 0 N–H and O–H groups in total. The number of amides is 1. The van der Waals surface area contributed by atoms with Crippen LogP contribution >= 0.6 is 0 Å². The van der Waals surface area contributed by atoms with Gasteiger partial charge in [-0.05, 0) is 39.2 Å². The van der Waals surface area contributed by atoms with Gasteiger partial charge in [0.2, 0.25) is 0 Å². The molecule has 1 aliphatic rings. The van der Waals surface area contributed by atoms with Crippen LogP contribution in [0.3, 0.4) is 0 Å². The molecule has 134 valence electrons. The molecule has 0 radical (unpaired) electrons. The van der Waals surface area contributed by atoms with Gasteiger partial charge in [0, 0.05) is 43.6 Å². The number of carbonyl (C=O) groups excluding carboxylic acids is 1. The largest absolute Gasteiger partial charge is 0.337 e. The van der Waals surface area contributed by atoms with Crippen molar-refractivity contribution < 1.29 is 4.79 Å². The van der Waals surface area contributed by atoms with E-state index < -0.39 is 0 Å². The van der Waals surface area contributed by atoms with Gasteiger partial charge in [-0.2, -0.15) is 0 Å². The summed E-state index contributed by atoms with van der Waals surface area (Å²) in [7, 11) is 0. The summed E-state index contributed by atoms with van der Waals surface area (Å²) >= 11 is 0. The average molecular weight is 341 g/mol. The Kier molecular flexibility index (Phi) is 5.46. The third kappa shape index (κ3) is 4.06. The molecule has 0 aliphatic carbocycles. The number of carbonyl (C=O) groups is 1. The second kappa shape index (κ2) is 7.76. The zero-order valence-electron chi connectivity index (χ0n) is 15.4. The Balaban J connectivity index is 1.75. The monoisotopic (exact) mass is 341 g/mol. The van der Waals surface area contributed by atoms with Crippen molar-refractivity contribution in [2.75, 3.05) is 13.1 Å². The Morgan fingerprint density at radius 3 is 2.92 bits per heavy atom. The van der Waals surface area contributed by atoms with E-state index in [0.717, 1.165) is 43.9 Å². The highest BCUT2D eigenvalue weighted by Crippen LogP contribution is 2.27. The van der Waals surface area contributed by atoms with Crippen molar-refractivity contribution in [3.05, 3.63) is 41.5 Å². The Morgan fingerprint density at radius 1 is 1.32 bits per heavy atom. The molecular formula is C19H27N5O. The number of hydrogen-bond acceptors (Lipinski definition) is 4. The lowest BCUT2D eigenvalue weighted by Crippen LogP contribution is -2.40. The Labute approximate surface area is 149 Å². The molecule has 1 aliphatic heterocycles. The molecular weight excluding hydrogens is 314 g/mol. The van der Waals surface area contributed by atoms with Gasteiger partial charge in [-0.3, -0.25) is 4.79 Å². The lowest BCUT2D eigenvalue weighted by molar-refractivity contribution is 0.0696. The van der Waals surface area contributed by atoms with Gasteiger partial charge < -0.3 is 9.47 Å². The molecule has 6 nitrogen and oxygen atoms in total. The van der Waals surface area contributed by atoms with E-state index >= 15 is 0 Å². The van der Waals surface area contributed by atoms with E-state index in [1.54, 1.807) is 6.07 Å². The Hall–Kier alpha value is -2.24. The average Bonchev–Trinajstić information content (AvgIpc) is 3.07. The van der Waals surface area contributed by atoms with Crippen molar-refractivity contribution in [2.45, 2.75) is 58.9 Å². The van der Waals surface area contributed by atoms with Crippen LogP contribution in [-0.4, -0.2) is 43.4 Å². The van der Waals surface area contributed by atoms with Gasteiger partial charge in [0.1, 0.15) is 17.3 Å². The van der Waals surface area contributed by atoms with Gasteiger partial charge in [0.05, 0.1) is 0 Å². The summed E-state index contributed by atoms with van der Waals surface area (Å²) in [5.74, 6) is 2.06. The maximum absolute atomic E-state index is 12.9. The number of unbranched alkanes of at least 4 members (excludes halogenated alkanes) is 1. The smallest absolute Gasteiger partial charge is 0.272 e. The Morgan fingerprint density at radius 2 is 2.16 bits per heavy atom. The van der Waals surface area contributed by atoms with E-state index in [0.29, 0.717) is 24.0 Å². The minimum Gasteiger partial charge on any atom is -0.337 e. The molecule has 0 bridgehead atoms. The second-order valence-corrected chi connectivity index (χ2v) is 6.86. The first kappa shape index (κ1) is 17.6. The van der Waals surface area contributed by atoms with Crippen LogP contribution in [0, 0.1) is 13.8 Å². The number of aryl methyl sites for hydroxylation is 3. The zero-order valence-corrected chi connectivity index (χ0v) is 15.4. The molecule has 1 saturated heterocycles. The topological polar surface area (TPSA) is 63.9 Å². The summed E-state index contributed by atoms with van der Waals surface area (Å²) in [5, 5.41) is 0. The summed E-state index contributed by atoms with van der Waals surface area (Å²) in [4.78, 5) is 28.0. The molecule has 2 aromatic rings. The van der Waals surface area contributed by atoms with Gasteiger partial charge in [0.25, 0.3) is 5.91 Å². The first-order chi connectivity index (χ1) is 12.1. The number of nitrogens with zero attached hydrogens (tertiary/aromatic N) is 5. The summed E-state index contributed by atoms with van der Waals surface area (Å²) in [5.41, 5.74) is 1.33. The van der Waals surface area contributed by atoms with Gasteiger partial charge in [-0.15, -0.1) is 0 Å². The van der Waals surface area contributed by atoms with Crippen molar-refractivity contribution >= 4 is 5.91 Å². The van der Waals surface area contributed by atoms with Crippen LogP contribution in [0.5, 0.6) is 0 Å². The van der Waals surface area contributed by atoms with Gasteiger partial charge >= 0.3 is 0 Å². The van der Waals surface area contributed by atoms with Crippen LogP contribution in [0.4, 0.5) is 0 Å². The van der Waals surface area contributed by atoms with Crippen LogP contribution in [0.2, 0.25) is 0 Å². The van der Waals surface area contributed by atoms with Gasteiger partial charge in [-0.1, -0.05) is 13.3 Å². The van der Waals surface area contributed by atoms with Crippen LogP contribution in [-0.2, 0) is 6.54 Å². The van der Waals surface area contributed by atoms with E-state index in [-0.39, 0.29) is 5.91 Å². The number of aromatic nitrogens is 4. The minimum atomic E-state index is 0.00460. The van der Waals surface area contributed by atoms with E-state index in [4.69, 9.17) is 0 Å². The van der Waals surface area contributed by atoms with E-state index in [9.17, 15) is 4.79 Å². The van der Waals surface area contributed by atoms with Crippen molar-refractivity contribution in [1.82, 2.24) is 24.4 Å². The summed E-state index contributed by atoms with van der Waals surface area (Å²) in [6, 6.07) is 1.78. The maximum Gasteiger partial charge on any atom is 0.272 e. The molecule has 1 fully saturated rings. The molecule has 1 amide bonds. The molecule has 0 spiro atoms. The first-order valence-electron chi connectivity index (χ1n) is 9.21. The molecule has 25 heavy (non-hydrogen) atoms. The molecule has 0 saturated carbocycles. The third-order valence-electron chi connectivity index (χ3n) is 4.76. The SMILES string of the molecule is CCCCn1ccnc1[C@@H]1CCCN(C(=O)c2cc(C)nc(C)n2)C1. The maximum atomic E-state index is 12.9. The molecule has 0 aromatic carbocycles. The molecule has 3 heterocycles. The van der Waals surface area contributed by atoms with Crippen LogP contribution in [0.15, 0.2) is 18.5 Å². The number of piperidine rings is 1. The fourth-order valence-electron chi connectivity index (χ4n) is 3.56.